The zero-order valence-electron chi connectivity index (χ0n) is 21.6. The number of pyridine rings is 2. The minimum absolute atomic E-state index is 0.120. The van der Waals surface area contributed by atoms with Crippen LogP contribution in [0, 0.1) is 21.9 Å². The monoisotopic (exact) mass is 620 g/mol. The molecule has 0 unspecified atom stereocenters. The van der Waals surface area contributed by atoms with E-state index in [0.29, 0.717) is 55.0 Å². The molecule has 0 bridgehead atoms. The average Bonchev–Trinajstić information content (AvgIpc) is 3.74. The Labute approximate surface area is 246 Å². The van der Waals surface area contributed by atoms with E-state index in [-0.39, 0.29) is 32.0 Å². The topological polar surface area (TPSA) is 68.7 Å². The molecule has 11 aromatic rings. The molecule has 0 aliphatic carbocycles. The molecule has 44 heavy (non-hydrogen) atoms. The van der Waals surface area contributed by atoms with Gasteiger partial charge >= 0.3 is 0 Å². The molecule has 0 fully saturated rings. The van der Waals surface area contributed by atoms with Gasteiger partial charge in [0, 0.05) is 32.3 Å². The third-order valence-corrected chi connectivity index (χ3v) is 10.9. The van der Waals surface area contributed by atoms with E-state index in [0.717, 1.165) is 32.3 Å². The van der Waals surface area contributed by atoms with Crippen molar-refractivity contribution in [2.45, 2.75) is 0 Å². The van der Waals surface area contributed by atoms with Crippen LogP contribution >= 0.6 is 22.7 Å². The molecule has 0 saturated carbocycles. The summed E-state index contributed by atoms with van der Waals surface area (Å²) >= 11 is 1.10. The summed E-state index contributed by atoms with van der Waals surface area (Å²) in [4.78, 5) is 36.6. The number of rotatable bonds is 0. The van der Waals surface area contributed by atoms with Gasteiger partial charge in [-0.05, 0) is 56.6 Å². The van der Waals surface area contributed by atoms with E-state index in [2.05, 4.69) is 9.97 Å². The van der Waals surface area contributed by atoms with Crippen LogP contribution in [0.25, 0.3) is 96.6 Å². The van der Waals surface area contributed by atoms with Crippen LogP contribution in [-0.2, 0) is 0 Å². The third-order valence-electron chi connectivity index (χ3n) is 9.05. The fraction of sp³-hybridized carbons (Fsp3) is 0. The molecule has 0 amide bonds. The molecule has 6 nitrogen and oxygen atoms in total. The molecular weight excluding hydrogens is 613 g/mol. The Morgan fingerprint density at radius 3 is 1.18 bits per heavy atom. The molecular formula is C32H8F4N4O2S2. The van der Waals surface area contributed by atoms with E-state index in [4.69, 9.17) is 0 Å². The molecule has 0 spiro atoms. The minimum atomic E-state index is -1.07. The van der Waals surface area contributed by atoms with Gasteiger partial charge in [0.05, 0.1) is 0 Å². The molecule has 0 N–H and O–H groups in total. The lowest BCUT2D eigenvalue weighted by atomic mass is 9.86. The number of imidazole rings is 2. The Morgan fingerprint density at radius 1 is 0.477 bits per heavy atom. The van der Waals surface area contributed by atoms with Gasteiger partial charge in [-0.25, -0.2) is 27.6 Å². The fourth-order valence-electron chi connectivity index (χ4n) is 7.33. The van der Waals surface area contributed by atoms with E-state index >= 15 is 0 Å². The number of hydrogen-bond acceptors (Lipinski definition) is 6. The highest BCUT2D eigenvalue weighted by Crippen LogP contribution is 2.46. The molecule has 5 aromatic carbocycles. The van der Waals surface area contributed by atoms with Gasteiger partial charge in [0.25, 0.3) is 11.1 Å². The minimum Gasteiger partial charge on any atom is -0.268 e. The maximum atomic E-state index is 14.6. The summed E-state index contributed by atoms with van der Waals surface area (Å²) in [7, 11) is 0. The van der Waals surface area contributed by atoms with Crippen molar-refractivity contribution in [1.29, 1.82) is 0 Å². The molecule has 0 radical (unpaired) electrons. The van der Waals surface area contributed by atoms with Gasteiger partial charge in [0.15, 0.2) is 11.6 Å². The zero-order valence-corrected chi connectivity index (χ0v) is 23.2. The Hall–Kier alpha value is -5.20. The lowest BCUT2D eigenvalue weighted by Crippen LogP contribution is -2.13. The van der Waals surface area contributed by atoms with Gasteiger partial charge in [-0.1, -0.05) is 46.9 Å². The molecule has 6 heterocycles. The van der Waals surface area contributed by atoms with Crippen LogP contribution in [0.1, 0.15) is 0 Å². The van der Waals surface area contributed by atoms with E-state index in [1.165, 1.54) is 8.80 Å². The Balaban J connectivity index is 1.37. The summed E-state index contributed by atoms with van der Waals surface area (Å²) in [5.41, 5.74) is -0.687. The molecule has 0 aliphatic heterocycles. The van der Waals surface area contributed by atoms with E-state index in [9.17, 15) is 27.2 Å². The van der Waals surface area contributed by atoms with Crippen LogP contribution in [0.4, 0.5) is 17.6 Å². The first kappa shape index (κ1) is 23.3. The SMILES string of the molecule is O=c1c2ccc3c4ccc5c6c(ccc(c7ccc(c2c37)c2nc3c(F)c(F)sc3n12)c46)c(=O)n1c5nc2c(F)c(F)sc21. The molecule has 0 saturated heterocycles. The van der Waals surface area contributed by atoms with Crippen LogP contribution in [0.3, 0.4) is 0 Å². The second-order valence-corrected chi connectivity index (χ2v) is 12.9. The number of thiophene rings is 2. The first-order valence-corrected chi connectivity index (χ1v) is 15.0. The van der Waals surface area contributed by atoms with Crippen LogP contribution in [0.15, 0.2) is 58.1 Å². The number of nitrogens with zero attached hydrogens (tertiary/aromatic N) is 4. The van der Waals surface area contributed by atoms with Crippen LogP contribution < -0.4 is 11.1 Å². The molecule has 0 atom stereocenters. The fourth-order valence-corrected chi connectivity index (χ4v) is 9.03. The van der Waals surface area contributed by atoms with Gasteiger partial charge in [0.1, 0.15) is 32.0 Å². The molecule has 12 heteroatoms. The standard InChI is InChI=1S/C32H8F4N4O2S2/c33-21-23-31(43-25(21)35)39-27(37-23)13-5-1-9-11-3-7-16-20-14(28-38-24-22(34)26(36)44-32(24)40(28)30(16)42)6-2-10(18(11)20)12-4-8-15(29(39)41)19(13)17(9)12/h1-8H. The smallest absolute Gasteiger partial charge is 0.265 e. The summed E-state index contributed by atoms with van der Waals surface area (Å²) in [6, 6.07) is 14.6. The second kappa shape index (κ2) is 7.12. The van der Waals surface area contributed by atoms with E-state index < -0.39 is 33.0 Å². The Bertz CT molecular complexity index is 3030. The predicted octanol–water partition coefficient (Wildman–Crippen LogP) is 7.92. The largest absolute Gasteiger partial charge is 0.268 e. The Morgan fingerprint density at radius 2 is 0.795 bits per heavy atom. The van der Waals surface area contributed by atoms with Gasteiger partial charge in [0.2, 0.25) is 10.3 Å². The zero-order chi connectivity index (χ0) is 29.5. The maximum Gasteiger partial charge on any atom is 0.265 e. The quantitative estimate of drug-likeness (QED) is 0.0982. The number of benzene rings is 5. The molecule has 6 aromatic heterocycles. The van der Waals surface area contributed by atoms with Gasteiger partial charge in [-0.2, -0.15) is 8.78 Å². The van der Waals surface area contributed by atoms with Crippen molar-refractivity contribution in [2.24, 2.45) is 0 Å². The van der Waals surface area contributed by atoms with Crippen LogP contribution in [-0.4, -0.2) is 18.8 Å². The maximum absolute atomic E-state index is 14.6. The summed E-state index contributed by atoms with van der Waals surface area (Å²) < 4.78 is 59.8. The van der Waals surface area contributed by atoms with E-state index in [1.54, 1.807) is 12.1 Å². The van der Waals surface area contributed by atoms with Crippen molar-refractivity contribution in [1.82, 2.24) is 18.8 Å². The number of halogens is 4. The predicted molar refractivity (Wildman–Crippen MR) is 166 cm³/mol. The van der Waals surface area contributed by atoms with Crippen molar-refractivity contribution in [3.8, 4) is 0 Å². The highest BCUT2D eigenvalue weighted by atomic mass is 32.1. The van der Waals surface area contributed by atoms with Crippen molar-refractivity contribution in [3.05, 3.63) is 91.1 Å². The van der Waals surface area contributed by atoms with E-state index in [1.807, 2.05) is 36.4 Å². The lowest BCUT2D eigenvalue weighted by molar-refractivity contribution is 0.536. The van der Waals surface area contributed by atoms with Gasteiger partial charge in [-0.3, -0.25) is 9.59 Å². The average molecular weight is 621 g/mol. The van der Waals surface area contributed by atoms with Crippen molar-refractivity contribution in [3.63, 3.8) is 0 Å². The molecule has 208 valence electrons. The highest BCUT2D eigenvalue weighted by Gasteiger charge is 2.27. The first-order chi connectivity index (χ1) is 21.3. The van der Waals surface area contributed by atoms with Crippen molar-refractivity contribution >= 4 is 119 Å². The van der Waals surface area contributed by atoms with Crippen molar-refractivity contribution < 1.29 is 17.6 Å². The lowest BCUT2D eigenvalue weighted by Gasteiger charge is -2.18. The highest BCUT2D eigenvalue weighted by molar-refractivity contribution is 7.17. The number of fused-ring (bicyclic) bond motifs is 10. The van der Waals surface area contributed by atoms with Gasteiger partial charge in [-0.15, -0.1) is 0 Å². The first-order valence-electron chi connectivity index (χ1n) is 13.4. The number of aromatic nitrogens is 4. The van der Waals surface area contributed by atoms with Crippen LogP contribution in [0.5, 0.6) is 0 Å². The second-order valence-electron chi connectivity index (χ2n) is 11.0. The summed E-state index contributed by atoms with van der Waals surface area (Å²) in [6.45, 7) is 0. The number of hydrogen-bond donors (Lipinski definition) is 0. The molecule has 11 rings (SSSR count). The third kappa shape index (κ3) is 2.31. The summed E-state index contributed by atoms with van der Waals surface area (Å²) in [6.07, 6.45) is 0. The van der Waals surface area contributed by atoms with Crippen molar-refractivity contribution in [2.75, 3.05) is 0 Å². The normalized spacial score (nSPS) is 13.2. The van der Waals surface area contributed by atoms with Crippen LogP contribution in [0.2, 0.25) is 0 Å². The molecule has 0 aliphatic rings. The Kier molecular flexibility index (Phi) is 3.77. The summed E-state index contributed by atoms with van der Waals surface area (Å²) in [5.74, 6) is -2.15. The summed E-state index contributed by atoms with van der Waals surface area (Å²) in [5, 5.41) is 6.30. The van der Waals surface area contributed by atoms with Gasteiger partial charge < -0.3 is 0 Å².